The summed E-state index contributed by atoms with van der Waals surface area (Å²) in [6.07, 6.45) is 5.38. The van der Waals surface area contributed by atoms with E-state index in [0.29, 0.717) is 13.0 Å². The number of piperidine rings is 1. The molecule has 0 aromatic rings. The Morgan fingerprint density at radius 3 is 2.38 bits per heavy atom. The Kier molecular flexibility index (Phi) is 5.26. The second-order valence-corrected chi connectivity index (χ2v) is 4.88. The van der Waals surface area contributed by atoms with Crippen molar-refractivity contribution in [3.63, 3.8) is 0 Å². The van der Waals surface area contributed by atoms with Crippen molar-refractivity contribution in [2.24, 2.45) is 0 Å². The van der Waals surface area contributed by atoms with E-state index in [-0.39, 0.29) is 11.5 Å². The van der Waals surface area contributed by atoms with E-state index in [9.17, 15) is 4.79 Å². The number of ether oxygens (including phenoxy) is 1. The van der Waals surface area contributed by atoms with E-state index in [1.54, 1.807) is 0 Å². The van der Waals surface area contributed by atoms with Gasteiger partial charge in [0, 0.05) is 5.54 Å². The fourth-order valence-corrected chi connectivity index (χ4v) is 2.42. The molecule has 1 aliphatic heterocycles. The van der Waals surface area contributed by atoms with Crippen LogP contribution in [0.5, 0.6) is 0 Å². The zero-order chi connectivity index (χ0) is 12.0. The molecule has 3 heteroatoms. The van der Waals surface area contributed by atoms with Gasteiger partial charge >= 0.3 is 5.97 Å². The number of carbonyl (C=O) groups excluding carboxylic acids is 1. The van der Waals surface area contributed by atoms with Crippen LogP contribution in [0, 0.1) is 0 Å². The third-order valence-electron chi connectivity index (χ3n) is 3.71. The van der Waals surface area contributed by atoms with Gasteiger partial charge < -0.3 is 4.74 Å². The van der Waals surface area contributed by atoms with Crippen LogP contribution in [0.4, 0.5) is 0 Å². The van der Waals surface area contributed by atoms with E-state index < -0.39 is 0 Å². The summed E-state index contributed by atoms with van der Waals surface area (Å²) in [7, 11) is 0. The van der Waals surface area contributed by atoms with Crippen molar-refractivity contribution in [2.75, 3.05) is 19.7 Å². The van der Waals surface area contributed by atoms with Crippen molar-refractivity contribution < 1.29 is 9.53 Å². The summed E-state index contributed by atoms with van der Waals surface area (Å²) >= 11 is 0. The molecular formula is C13H25NO2. The maximum Gasteiger partial charge on any atom is 0.307 e. The van der Waals surface area contributed by atoms with Gasteiger partial charge in [0.2, 0.25) is 0 Å². The van der Waals surface area contributed by atoms with Crippen molar-refractivity contribution in [1.29, 1.82) is 0 Å². The van der Waals surface area contributed by atoms with Gasteiger partial charge in [-0.05, 0) is 46.2 Å². The number of esters is 1. The van der Waals surface area contributed by atoms with Crippen LogP contribution in [0.2, 0.25) is 0 Å². The standard InChI is InChI=1S/C13H25NO2/c1-4-13(3,11-12(15)16-5-2)14-9-7-6-8-10-14/h4-11H2,1-3H3/t13-/m1/s1. The van der Waals surface area contributed by atoms with Crippen molar-refractivity contribution in [2.45, 2.75) is 58.4 Å². The molecule has 1 heterocycles. The number of nitrogens with zero attached hydrogens (tertiary/aromatic N) is 1. The van der Waals surface area contributed by atoms with Crippen molar-refractivity contribution in [3.05, 3.63) is 0 Å². The Labute approximate surface area is 99.1 Å². The SMILES string of the molecule is CCOC(=O)C[C@@](C)(CC)N1CCCCC1. The van der Waals surface area contributed by atoms with E-state index in [1.807, 2.05) is 6.92 Å². The van der Waals surface area contributed by atoms with Gasteiger partial charge in [0.15, 0.2) is 0 Å². The molecule has 0 spiro atoms. The minimum Gasteiger partial charge on any atom is -0.466 e. The molecule has 1 aliphatic rings. The van der Waals surface area contributed by atoms with Gasteiger partial charge in [-0.3, -0.25) is 9.69 Å². The predicted molar refractivity (Wildman–Crippen MR) is 65.4 cm³/mol. The van der Waals surface area contributed by atoms with Crippen molar-refractivity contribution in [1.82, 2.24) is 4.90 Å². The lowest BCUT2D eigenvalue weighted by atomic mass is 9.90. The topological polar surface area (TPSA) is 29.5 Å². The van der Waals surface area contributed by atoms with Crippen LogP contribution < -0.4 is 0 Å². The van der Waals surface area contributed by atoms with Crippen LogP contribution in [0.25, 0.3) is 0 Å². The lowest BCUT2D eigenvalue weighted by molar-refractivity contribution is -0.146. The van der Waals surface area contributed by atoms with Gasteiger partial charge in [0.25, 0.3) is 0 Å². The molecule has 0 amide bonds. The van der Waals surface area contributed by atoms with E-state index in [4.69, 9.17) is 4.74 Å². The van der Waals surface area contributed by atoms with E-state index in [1.165, 1.54) is 19.3 Å². The monoisotopic (exact) mass is 227 g/mol. The molecule has 1 fully saturated rings. The highest BCUT2D eigenvalue weighted by molar-refractivity contribution is 5.70. The van der Waals surface area contributed by atoms with Gasteiger partial charge in [-0.1, -0.05) is 13.3 Å². The summed E-state index contributed by atoms with van der Waals surface area (Å²) in [5, 5.41) is 0. The summed E-state index contributed by atoms with van der Waals surface area (Å²) in [6.45, 7) is 8.96. The summed E-state index contributed by atoms with van der Waals surface area (Å²) in [6, 6.07) is 0. The summed E-state index contributed by atoms with van der Waals surface area (Å²) in [4.78, 5) is 14.1. The van der Waals surface area contributed by atoms with Crippen LogP contribution >= 0.6 is 0 Å². The van der Waals surface area contributed by atoms with Gasteiger partial charge in [-0.2, -0.15) is 0 Å². The van der Waals surface area contributed by atoms with Crippen LogP contribution in [0.3, 0.4) is 0 Å². The number of rotatable bonds is 5. The molecular weight excluding hydrogens is 202 g/mol. The molecule has 16 heavy (non-hydrogen) atoms. The molecule has 0 aromatic heterocycles. The first-order valence-electron chi connectivity index (χ1n) is 6.53. The first-order valence-corrected chi connectivity index (χ1v) is 6.53. The Bertz CT molecular complexity index is 224. The van der Waals surface area contributed by atoms with Gasteiger partial charge in [-0.25, -0.2) is 0 Å². The molecule has 3 nitrogen and oxygen atoms in total. The third kappa shape index (κ3) is 3.48. The largest absolute Gasteiger partial charge is 0.466 e. The summed E-state index contributed by atoms with van der Waals surface area (Å²) in [5.74, 6) is -0.0579. The fourth-order valence-electron chi connectivity index (χ4n) is 2.42. The number of hydrogen-bond donors (Lipinski definition) is 0. The molecule has 94 valence electrons. The van der Waals surface area contributed by atoms with Gasteiger partial charge in [-0.15, -0.1) is 0 Å². The third-order valence-corrected chi connectivity index (χ3v) is 3.71. The second-order valence-electron chi connectivity index (χ2n) is 4.88. The molecule has 0 unspecified atom stereocenters. The highest BCUT2D eigenvalue weighted by Gasteiger charge is 2.33. The highest BCUT2D eigenvalue weighted by atomic mass is 16.5. The Morgan fingerprint density at radius 1 is 1.25 bits per heavy atom. The maximum atomic E-state index is 11.6. The minimum absolute atomic E-state index is 0.00727. The Hall–Kier alpha value is -0.570. The molecule has 0 N–H and O–H groups in total. The molecule has 1 rings (SSSR count). The normalized spacial score (nSPS) is 21.4. The smallest absolute Gasteiger partial charge is 0.307 e. The van der Waals surface area contributed by atoms with Crippen LogP contribution in [0.15, 0.2) is 0 Å². The first kappa shape index (κ1) is 13.5. The van der Waals surface area contributed by atoms with E-state index in [0.717, 1.165) is 19.5 Å². The lowest BCUT2D eigenvalue weighted by Gasteiger charge is -2.42. The predicted octanol–water partition coefficient (Wildman–Crippen LogP) is 2.59. The number of hydrogen-bond acceptors (Lipinski definition) is 3. The van der Waals surface area contributed by atoms with Crippen LogP contribution in [-0.4, -0.2) is 36.1 Å². The summed E-state index contributed by atoms with van der Waals surface area (Å²) < 4.78 is 5.06. The molecule has 1 atom stereocenters. The molecule has 1 saturated heterocycles. The molecule has 0 saturated carbocycles. The lowest BCUT2D eigenvalue weighted by Crippen LogP contribution is -2.49. The molecule has 0 radical (unpaired) electrons. The molecule has 0 aromatic carbocycles. The fraction of sp³-hybridized carbons (Fsp3) is 0.923. The summed E-state index contributed by atoms with van der Waals surface area (Å²) in [5.41, 5.74) is -0.00727. The number of carbonyl (C=O) groups is 1. The molecule has 0 aliphatic carbocycles. The van der Waals surface area contributed by atoms with Crippen LogP contribution in [-0.2, 0) is 9.53 Å². The zero-order valence-electron chi connectivity index (χ0n) is 10.9. The van der Waals surface area contributed by atoms with E-state index in [2.05, 4.69) is 18.7 Å². The molecule has 0 bridgehead atoms. The number of likely N-dealkylation sites (tertiary alicyclic amines) is 1. The van der Waals surface area contributed by atoms with Crippen molar-refractivity contribution in [3.8, 4) is 0 Å². The zero-order valence-corrected chi connectivity index (χ0v) is 10.9. The highest BCUT2D eigenvalue weighted by Crippen LogP contribution is 2.27. The van der Waals surface area contributed by atoms with Gasteiger partial charge in [0.1, 0.15) is 0 Å². The average molecular weight is 227 g/mol. The first-order chi connectivity index (χ1) is 7.62. The van der Waals surface area contributed by atoms with Gasteiger partial charge in [0.05, 0.1) is 13.0 Å². The second kappa shape index (κ2) is 6.24. The van der Waals surface area contributed by atoms with E-state index >= 15 is 0 Å². The Balaban J connectivity index is 2.56. The average Bonchev–Trinajstić information content (AvgIpc) is 2.30. The maximum absolute atomic E-state index is 11.6. The quantitative estimate of drug-likeness (QED) is 0.676. The van der Waals surface area contributed by atoms with Crippen molar-refractivity contribution >= 4 is 5.97 Å². The Morgan fingerprint density at radius 2 is 1.88 bits per heavy atom. The van der Waals surface area contributed by atoms with Crippen LogP contribution in [0.1, 0.15) is 52.9 Å². The minimum atomic E-state index is -0.0579.